The first kappa shape index (κ1) is 18.6. The molecule has 1 aromatic rings. The second-order valence-electron chi connectivity index (χ2n) is 5.88. The molecular weight excluding hydrogens is 326 g/mol. The molecule has 1 amide bonds. The monoisotopic (exact) mass is 351 g/mol. The van der Waals surface area contributed by atoms with Crippen LogP contribution in [0.25, 0.3) is 0 Å². The normalized spacial score (nSPS) is 14.2. The quantitative estimate of drug-likeness (QED) is 0.572. The van der Waals surface area contributed by atoms with Gasteiger partial charge in [0.2, 0.25) is 5.91 Å². The summed E-state index contributed by atoms with van der Waals surface area (Å²) in [5.74, 6) is 1.79. The van der Waals surface area contributed by atoms with Gasteiger partial charge < -0.3 is 14.5 Å². The lowest BCUT2D eigenvalue weighted by Gasteiger charge is -2.12. The van der Waals surface area contributed by atoms with Crippen LogP contribution in [0.1, 0.15) is 54.0 Å². The number of carbonyl (C=O) groups excluding carboxylic acids is 2. The van der Waals surface area contributed by atoms with E-state index in [0.717, 1.165) is 6.42 Å². The van der Waals surface area contributed by atoms with Crippen molar-refractivity contribution in [3.63, 3.8) is 0 Å². The van der Waals surface area contributed by atoms with Crippen LogP contribution in [0.5, 0.6) is 0 Å². The highest BCUT2D eigenvalue weighted by atomic mass is 32.2. The molecule has 0 aromatic carbocycles. The van der Waals surface area contributed by atoms with Crippen molar-refractivity contribution in [1.29, 1.82) is 0 Å². The lowest BCUT2D eigenvalue weighted by atomic mass is 9.97. The maximum atomic E-state index is 11.8. The molecule has 5 nitrogen and oxygen atoms in total. The minimum atomic E-state index is -0.401. The smallest absolute Gasteiger partial charge is 0.341 e. The van der Waals surface area contributed by atoms with E-state index in [1.54, 1.807) is 13.0 Å². The molecule has 132 valence electrons. The zero-order valence-electron chi connectivity index (χ0n) is 14.4. The Morgan fingerprint density at radius 2 is 2.21 bits per heavy atom. The molecule has 0 atom stereocenters. The van der Waals surface area contributed by atoms with Crippen LogP contribution in [0.2, 0.25) is 0 Å². The summed E-state index contributed by atoms with van der Waals surface area (Å²) in [4.78, 5) is 23.4. The third-order valence-corrected chi connectivity index (χ3v) is 4.96. The number of thioether (sulfide) groups is 1. The fraction of sp³-hybridized carbons (Fsp3) is 0.556. The lowest BCUT2D eigenvalue weighted by Crippen LogP contribution is -2.26. The van der Waals surface area contributed by atoms with Crippen LogP contribution in [0.4, 0.5) is 0 Å². The van der Waals surface area contributed by atoms with Crippen molar-refractivity contribution in [3.8, 4) is 0 Å². The maximum absolute atomic E-state index is 11.8. The molecule has 0 spiro atoms. The van der Waals surface area contributed by atoms with Gasteiger partial charge in [-0.3, -0.25) is 4.79 Å². The number of allylic oxidation sites excluding steroid dienone is 1. The zero-order chi connectivity index (χ0) is 17.4. The summed E-state index contributed by atoms with van der Waals surface area (Å²) in [5.41, 5.74) is 1.91. The number of hydrogen-bond donors (Lipinski definition) is 1. The Balaban J connectivity index is 1.65. The van der Waals surface area contributed by atoms with Crippen molar-refractivity contribution in [1.82, 2.24) is 5.32 Å². The number of rotatable bonds is 8. The Bertz CT molecular complexity index is 606. The van der Waals surface area contributed by atoms with Crippen molar-refractivity contribution in [2.75, 3.05) is 19.4 Å². The van der Waals surface area contributed by atoms with Gasteiger partial charge in [0.1, 0.15) is 17.1 Å². The van der Waals surface area contributed by atoms with Gasteiger partial charge in [0.05, 0.1) is 18.6 Å². The number of methoxy groups -OCH3 is 1. The first-order chi connectivity index (χ1) is 11.6. The van der Waals surface area contributed by atoms with Crippen molar-refractivity contribution < 1.29 is 18.7 Å². The number of esters is 1. The van der Waals surface area contributed by atoms with Crippen molar-refractivity contribution in [2.24, 2.45) is 0 Å². The summed E-state index contributed by atoms with van der Waals surface area (Å²) >= 11 is 1.47. The summed E-state index contributed by atoms with van der Waals surface area (Å²) in [6, 6.07) is 1.68. The van der Waals surface area contributed by atoms with Crippen molar-refractivity contribution in [2.45, 2.75) is 44.8 Å². The average Bonchev–Trinajstić information content (AvgIpc) is 2.96. The molecule has 1 aliphatic rings. The summed E-state index contributed by atoms with van der Waals surface area (Å²) < 4.78 is 10.2. The van der Waals surface area contributed by atoms with Crippen LogP contribution in [0.15, 0.2) is 22.1 Å². The van der Waals surface area contributed by atoms with Gasteiger partial charge in [0.15, 0.2) is 0 Å². The first-order valence-electron chi connectivity index (χ1n) is 8.30. The van der Waals surface area contributed by atoms with Crippen LogP contribution >= 0.6 is 11.8 Å². The van der Waals surface area contributed by atoms with Gasteiger partial charge in [-0.25, -0.2) is 4.79 Å². The van der Waals surface area contributed by atoms with E-state index >= 15 is 0 Å². The summed E-state index contributed by atoms with van der Waals surface area (Å²) in [6.45, 7) is 2.44. The highest BCUT2D eigenvalue weighted by Crippen LogP contribution is 2.21. The summed E-state index contributed by atoms with van der Waals surface area (Å²) in [7, 11) is 1.34. The van der Waals surface area contributed by atoms with Gasteiger partial charge in [0, 0.05) is 6.54 Å². The van der Waals surface area contributed by atoms with E-state index < -0.39 is 5.97 Å². The first-order valence-corrected chi connectivity index (χ1v) is 9.45. The van der Waals surface area contributed by atoms with Crippen LogP contribution in [-0.4, -0.2) is 31.3 Å². The number of ether oxygens (including phenoxy) is 1. The Morgan fingerprint density at radius 1 is 1.38 bits per heavy atom. The van der Waals surface area contributed by atoms with E-state index in [9.17, 15) is 9.59 Å². The molecule has 0 fully saturated rings. The second-order valence-corrected chi connectivity index (χ2v) is 6.86. The van der Waals surface area contributed by atoms with E-state index in [2.05, 4.69) is 11.4 Å². The largest absolute Gasteiger partial charge is 0.465 e. The summed E-state index contributed by atoms with van der Waals surface area (Å²) in [5, 5.41) is 2.95. The topological polar surface area (TPSA) is 68.5 Å². The molecule has 0 radical (unpaired) electrons. The fourth-order valence-corrected chi connectivity index (χ4v) is 3.45. The van der Waals surface area contributed by atoms with Crippen LogP contribution < -0.4 is 5.32 Å². The number of hydrogen-bond acceptors (Lipinski definition) is 5. The van der Waals surface area contributed by atoms with E-state index in [-0.39, 0.29) is 5.91 Å². The van der Waals surface area contributed by atoms with Gasteiger partial charge >= 0.3 is 5.97 Å². The van der Waals surface area contributed by atoms with Gasteiger partial charge in [0.25, 0.3) is 0 Å². The van der Waals surface area contributed by atoms with Gasteiger partial charge in [-0.2, -0.15) is 0 Å². The van der Waals surface area contributed by atoms with Crippen LogP contribution in [-0.2, 0) is 15.3 Å². The molecule has 1 aliphatic carbocycles. The van der Waals surface area contributed by atoms with Gasteiger partial charge in [-0.15, -0.1) is 11.8 Å². The minimum absolute atomic E-state index is 0.0351. The Morgan fingerprint density at radius 3 is 2.92 bits per heavy atom. The van der Waals surface area contributed by atoms with Crippen molar-refractivity contribution >= 4 is 23.6 Å². The number of carbonyl (C=O) groups is 2. The average molecular weight is 351 g/mol. The Labute approximate surface area is 147 Å². The molecule has 1 heterocycles. The van der Waals surface area contributed by atoms with E-state index in [4.69, 9.17) is 9.15 Å². The molecule has 1 aromatic heterocycles. The molecule has 2 rings (SSSR count). The third kappa shape index (κ3) is 5.74. The molecule has 0 saturated carbocycles. The Kier molecular flexibility index (Phi) is 7.43. The molecule has 24 heavy (non-hydrogen) atoms. The van der Waals surface area contributed by atoms with Crippen LogP contribution in [0.3, 0.4) is 0 Å². The third-order valence-electron chi connectivity index (χ3n) is 4.00. The molecular formula is C18H25NO4S. The van der Waals surface area contributed by atoms with Gasteiger partial charge in [-0.1, -0.05) is 11.6 Å². The highest BCUT2D eigenvalue weighted by Gasteiger charge is 2.15. The molecule has 0 saturated heterocycles. The van der Waals surface area contributed by atoms with E-state index in [0.29, 0.717) is 35.1 Å². The number of aryl methyl sites for hydroxylation is 1. The zero-order valence-corrected chi connectivity index (χ0v) is 15.2. The number of amides is 1. The minimum Gasteiger partial charge on any atom is -0.465 e. The van der Waals surface area contributed by atoms with Crippen molar-refractivity contribution in [3.05, 3.63) is 34.8 Å². The molecule has 0 unspecified atom stereocenters. The molecule has 1 N–H and O–H groups in total. The SMILES string of the molecule is COC(=O)c1cc(CSCC(=O)NCCC2=CCCCC2)oc1C. The second kappa shape index (κ2) is 9.57. The predicted molar refractivity (Wildman–Crippen MR) is 95.1 cm³/mol. The summed E-state index contributed by atoms with van der Waals surface area (Å²) in [6.07, 6.45) is 8.17. The van der Waals surface area contributed by atoms with E-state index in [1.807, 2.05) is 0 Å². The lowest BCUT2D eigenvalue weighted by molar-refractivity contribution is -0.118. The highest BCUT2D eigenvalue weighted by molar-refractivity contribution is 7.99. The number of furan rings is 1. The van der Waals surface area contributed by atoms with Gasteiger partial charge in [-0.05, 0) is 45.1 Å². The molecule has 6 heteroatoms. The van der Waals surface area contributed by atoms with E-state index in [1.165, 1.54) is 50.1 Å². The predicted octanol–water partition coefficient (Wildman–Crippen LogP) is 3.61. The molecule has 0 bridgehead atoms. The fourth-order valence-electron chi connectivity index (χ4n) is 2.72. The van der Waals surface area contributed by atoms with Crippen LogP contribution in [0, 0.1) is 6.92 Å². The Hall–Kier alpha value is -1.69. The maximum Gasteiger partial charge on any atom is 0.341 e. The standard InChI is InChI=1S/C18H25NO4S/c1-13-16(18(21)22-2)10-15(23-13)11-24-12-17(20)19-9-8-14-6-4-3-5-7-14/h6,10H,3-5,7-9,11-12H2,1-2H3,(H,19,20). The molecule has 0 aliphatic heterocycles. The number of nitrogens with one attached hydrogen (secondary N) is 1.